The van der Waals surface area contributed by atoms with Crippen molar-refractivity contribution >= 4 is 11.0 Å². The highest BCUT2D eigenvalue weighted by Gasteiger charge is 2.48. The molecule has 0 amide bonds. The summed E-state index contributed by atoms with van der Waals surface area (Å²) in [5.41, 5.74) is -0.322. The predicted molar refractivity (Wildman–Crippen MR) is 96.8 cm³/mol. The minimum absolute atomic E-state index is 0.305. The molecule has 1 saturated heterocycles. The molecule has 0 aliphatic carbocycles. The SMILES string of the molecule is Cc1ccnc2c1ccn2C1OC(C(O)c2cc(F)cc(C(F)(F)F)c2)C(O)C1O. The molecule has 3 heterocycles. The molecule has 0 radical (unpaired) electrons. The largest absolute Gasteiger partial charge is 0.416 e. The Morgan fingerprint density at radius 1 is 1.13 bits per heavy atom. The van der Waals surface area contributed by atoms with Gasteiger partial charge in [0.2, 0.25) is 0 Å². The fourth-order valence-electron chi connectivity index (χ4n) is 3.71. The quantitative estimate of drug-likeness (QED) is 0.561. The van der Waals surface area contributed by atoms with E-state index in [2.05, 4.69) is 4.98 Å². The van der Waals surface area contributed by atoms with Crippen LogP contribution in [0.5, 0.6) is 0 Å². The van der Waals surface area contributed by atoms with Crippen molar-refractivity contribution < 1.29 is 37.6 Å². The average molecular weight is 426 g/mol. The third-order valence-electron chi connectivity index (χ3n) is 5.28. The first-order chi connectivity index (χ1) is 14.1. The van der Waals surface area contributed by atoms with Gasteiger partial charge in [0.15, 0.2) is 6.23 Å². The van der Waals surface area contributed by atoms with Crippen LogP contribution in [0.15, 0.2) is 42.7 Å². The Morgan fingerprint density at radius 3 is 2.57 bits per heavy atom. The molecule has 0 saturated carbocycles. The lowest BCUT2D eigenvalue weighted by Gasteiger charge is -2.22. The van der Waals surface area contributed by atoms with Crippen molar-refractivity contribution in [2.45, 2.75) is 43.7 Å². The Morgan fingerprint density at radius 2 is 1.87 bits per heavy atom. The summed E-state index contributed by atoms with van der Waals surface area (Å²) in [5.74, 6) is -1.19. The molecule has 3 aromatic rings. The van der Waals surface area contributed by atoms with Crippen LogP contribution in [0.2, 0.25) is 0 Å². The van der Waals surface area contributed by atoms with Gasteiger partial charge in [0.25, 0.3) is 0 Å². The van der Waals surface area contributed by atoms with Gasteiger partial charge in [-0.15, -0.1) is 0 Å². The van der Waals surface area contributed by atoms with Crippen LogP contribution in [0, 0.1) is 12.7 Å². The van der Waals surface area contributed by atoms with E-state index in [1.54, 1.807) is 24.5 Å². The van der Waals surface area contributed by atoms with Gasteiger partial charge in [-0.3, -0.25) is 0 Å². The summed E-state index contributed by atoms with van der Waals surface area (Å²) >= 11 is 0. The minimum Gasteiger partial charge on any atom is -0.387 e. The average Bonchev–Trinajstić information content (AvgIpc) is 3.23. The van der Waals surface area contributed by atoms with Gasteiger partial charge >= 0.3 is 6.18 Å². The molecule has 4 rings (SSSR count). The van der Waals surface area contributed by atoms with E-state index in [-0.39, 0.29) is 0 Å². The molecule has 1 aliphatic heterocycles. The van der Waals surface area contributed by atoms with Crippen LogP contribution in [0.3, 0.4) is 0 Å². The van der Waals surface area contributed by atoms with Crippen molar-refractivity contribution in [3.63, 3.8) is 0 Å². The number of hydrogen-bond donors (Lipinski definition) is 3. The molecule has 1 aliphatic rings. The first-order valence-electron chi connectivity index (χ1n) is 9.07. The highest BCUT2D eigenvalue weighted by molar-refractivity contribution is 5.79. The predicted octanol–water partition coefficient (Wildman–Crippen LogP) is 2.86. The fourth-order valence-corrected chi connectivity index (χ4v) is 3.71. The molecule has 160 valence electrons. The number of ether oxygens (including phenoxy) is 1. The molecule has 5 unspecified atom stereocenters. The van der Waals surface area contributed by atoms with Crippen molar-refractivity contribution in [2.75, 3.05) is 0 Å². The molecule has 30 heavy (non-hydrogen) atoms. The van der Waals surface area contributed by atoms with Gasteiger partial charge in [-0.1, -0.05) is 0 Å². The number of nitrogens with zero attached hydrogens (tertiary/aromatic N) is 2. The number of alkyl halides is 3. The highest BCUT2D eigenvalue weighted by atomic mass is 19.4. The van der Waals surface area contributed by atoms with Crippen LogP contribution in [0.25, 0.3) is 11.0 Å². The number of aliphatic hydroxyl groups is 3. The van der Waals surface area contributed by atoms with Gasteiger partial charge in [0.1, 0.15) is 35.9 Å². The topological polar surface area (TPSA) is 87.7 Å². The second kappa shape index (κ2) is 7.31. The lowest BCUT2D eigenvalue weighted by molar-refractivity contribution is -0.138. The van der Waals surface area contributed by atoms with Crippen molar-refractivity contribution in [3.05, 3.63) is 65.2 Å². The monoisotopic (exact) mass is 426 g/mol. The molecule has 6 nitrogen and oxygen atoms in total. The Labute approximate surface area is 168 Å². The molecule has 2 aromatic heterocycles. The van der Waals surface area contributed by atoms with Crippen molar-refractivity contribution in [1.82, 2.24) is 9.55 Å². The fraction of sp³-hybridized carbons (Fsp3) is 0.350. The van der Waals surface area contributed by atoms with Gasteiger partial charge < -0.3 is 24.6 Å². The smallest absolute Gasteiger partial charge is 0.387 e. The lowest BCUT2D eigenvalue weighted by atomic mass is 9.97. The third kappa shape index (κ3) is 3.45. The number of rotatable bonds is 3. The second-order valence-electron chi connectivity index (χ2n) is 7.28. The number of fused-ring (bicyclic) bond motifs is 1. The van der Waals surface area contributed by atoms with E-state index in [0.717, 1.165) is 17.0 Å². The molecular formula is C20H18F4N2O4. The summed E-state index contributed by atoms with van der Waals surface area (Å²) in [6.45, 7) is 1.86. The first-order valence-corrected chi connectivity index (χ1v) is 9.07. The Balaban J connectivity index is 1.66. The van der Waals surface area contributed by atoms with Crippen LogP contribution in [0.1, 0.15) is 29.0 Å². The molecule has 1 aromatic carbocycles. The summed E-state index contributed by atoms with van der Waals surface area (Å²) in [5, 5.41) is 32.2. The van der Waals surface area contributed by atoms with E-state index in [0.29, 0.717) is 17.8 Å². The third-order valence-corrected chi connectivity index (χ3v) is 5.28. The normalized spacial score (nSPS) is 25.7. The van der Waals surface area contributed by atoms with Crippen LogP contribution in [-0.2, 0) is 10.9 Å². The summed E-state index contributed by atoms with van der Waals surface area (Å²) in [4.78, 5) is 4.24. The Kier molecular flexibility index (Phi) is 5.05. The summed E-state index contributed by atoms with van der Waals surface area (Å²) < 4.78 is 59.7. The van der Waals surface area contributed by atoms with E-state index in [9.17, 15) is 32.9 Å². The van der Waals surface area contributed by atoms with E-state index in [4.69, 9.17) is 4.74 Å². The van der Waals surface area contributed by atoms with Gasteiger partial charge in [-0.25, -0.2) is 9.37 Å². The van der Waals surface area contributed by atoms with Gasteiger partial charge in [0.05, 0.1) is 5.56 Å². The van der Waals surface area contributed by atoms with Gasteiger partial charge in [0, 0.05) is 17.8 Å². The van der Waals surface area contributed by atoms with Crippen LogP contribution in [0.4, 0.5) is 17.6 Å². The van der Waals surface area contributed by atoms with Crippen LogP contribution >= 0.6 is 0 Å². The molecule has 1 fully saturated rings. The van der Waals surface area contributed by atoms with Crippen LogP contribution < -0.4 is 0 Å². The first kappa shape index (κ1) is 20.7. The zero-order valence-electron chi connectivity index (χ0n) is 15.6. The van der Waals surface area contributed by atoms with E-state index < -0.39 is 53.8 Å². The summed E-state index contributed by atoms with van der Waals surface area (Å²) in [7, 11) is 0. The lowest BCUT2D eigenvalue weighted by Crippen LogP contribution is -2.35. The maximum Gasteiger partial charge on any atom is 0.416 e. The number of hydrogen-bond acceptors (Lipinski definition) is 5. The molecule has 5 atom stereocenters. The molecular weight excluding hydrogens is 408 g/mol. The van der Waals surface area contributed by atoms with E-state index >= 15 is 0 Å². The highest BCUT2D eigenvalue weighted by Crippen LogP contribution is 2.39. The molecule has 0 bridgehead atoms. The standard InChI is InChI=1S/C20H18F4N2O4/c1-9-2-4-25-18-13(9)3-5-26(18)19-16(29)15(28)17(30-19)14(27)10-6-11(20(22,23)24)8-12(21)7-10/h2-8,14-17,19,27-29H,1H3. The zero-order valence-corrected chi connectivity index (χ0v) is 15.6. The van der Waals surface area contributed by atoms with Gasteiger partial charge in [-0.05, 0) is 48.4 Å². The summed E-state index contributed by atoms with van der Waals surface area (Å²) in [6, 6.07) is 5.15. The number of halogens is 4. The number of aryl methyl sites for hydroxylation is 1. The van der Waals surface area contributed by atoms with Gasteiger partial charge in [-0.2, -0.15) is 13.2 Å². The van der Waals surface area contributed by atoms with Crippen molar-refractivity contribution in [3.8, 4) is 0 Å². The number of pyridine rings is 1. The van der Waals surface area contributed by atoms with Crippen molar-refractivity contribution in [2.24, 2.45) is 0 Å². The van der Waals surface area contributed by atoms with Crippen molar-refractivity contribution in [1.29, 1.82) is 0 Å². The van der Waals surface area contributed by atoms with E-state index in [1.807, 2.05) is 6.92 Å². The minimum atomic E-state index is -4.82. The maximum absolute atomic E-state index is 13.7. The summed E-state index contributed by atoms with van der Waals surface area (Å²) in [6.07, 6.45) is -9.26. The number of benzene rings is 1. The molecule has 10 heteroatoms. The Bertz CT molecular complexity index is 1080. The molecule has 3 N–H and O–H groups in total. The zero-order chi connectivity index (χ0) is 21.8. The number of aromatic nitrogens is 2. The van der Waals surface area contributed by atoms with E-state index in [1.165, 1.54) is 4.57 Å². The number of aliphatic hydroxyl groups excluding tert-OH is 3. The maximum atomic E-state index is 13.7. The molecule has 0 spiro atoms. The Hall–Kier alpha value is -2.53. The second-order valence-corrected chi connectivity index (χ2v) is 7.28. The van der Waals surface area contributed by atoms with Crippen LogP contribution in [-0.4, -0.2) is 43.2 Å².